The maximum atomic E-state index is 11.2. The molecule has 1 aromatic heterocycles. The van der Waals surface area contributed by atoms with Crippen molar-refractivity contribution in [2.45, 2.75) is 13.5 Å². The lowest BCUT2D eigenvalue weighted by molar-refractivity contribution is -0.688. The van der Waals surface area contributed by atoms with E-state index in [1.165, 1.54) is 5.56 Å². The molecule has 0 aliphatic carbocycles. The topological polar surface area (TPSA) is 30.2 Å². The number of aromatic nitrogens is 1. The van der Waals surface area contributed by atoms with Gasteiger partial charge in [0.25, 0.3) is 0 Å². The molecule has 0 aliphatic rings. The highest BCUT2D eigenvalue weighted by atomic mass is 79.9. The largest absolute Gasteiger partial charge is 1.00 e. The van der Waals surface area contributed by atoms with Crippen LogP contribution in [0.1, 0.15) is 22.8 Å². The average Bonchev–Trinajstić information content (AvgIpc) is 2.40. The van der Waals surface area contributed by atoms with Crippen LogP contribution in [-0.2, 0) is 6.54 Å². The fourth-order valence-corrected chi connectivity index (χ4v) is 1.74. The Morgan fingerprint density at radius 1 is 1.11 bits per heavy atom. The molecule has 0 atom stereocenters. The Kier molecular flexibility index (Phi) is 5.70. The monoisotopic (exact) mass is 321 g/mol. The van der Waals surface area contributed by atoms with Gasteiger partial charge in [0.2, 0.25) is 0 Å². The highest BCUT2D eigenvalue weighted by Gasteiger charge is 2.05. The van der Waals surface area contributed by atoms with Gasteiger partial charge in [-0.15, -0.1) is 0 Å². The first-order valence-corrected chi connectivity index (χ1v) is 5.82. The number of ketones is 1. The zero-order chi connectivity index (χ0) is 13.0. The normalized spacial score (nSPS) is 9.58. The minimum atomic E-state index is 0. The summed E-state index contributed by atoms with van der Waals surface area (Å²) in [6.07, 6.45) is 3.84. The van der Waals surface area contributed by atoms with Crippen molar-refractivity contribution in [3.05, 3.63) is 59.9 Å². The molecule has 0 radical (unpaired) electrons. The standard InChI is InChI=1S/C15H16NO2.BrH/c1-12(17)14-7-9-16(10-8-14)11-13-3-5-15(18-2)6-4-13;/h3-10H,11H2,1-2H3;1H/q+1;/p-1. The van der Waals surface area contributed by atoms with Crippen LogP contribution < -0.4 is 26.3 Å². The summed E-state index contributed by atoms with van der Waals surface area (Å²) in [5.74, 6) is 0.947. The number of ether oxygens (including phenoxy) is 1. The summed E-state index contributed by atoms with van der Waals surface area (Å²) in [4.78, 5) is 11.2. The molecule has 1 aromatic carbocycles. The van der Waals surface area contributed by atoms with Gasteiger partial charge in [0, 0.05) is 23.3 Å². The third-order valence-electron chi connectivity index (χ3n) is 2.82. The molecule has 2 aromatic rings. The molecule has 4 heteroatoms. The minimum absolute atomic E-state index is 0. The molecule has 1 heterocycles. The van der Waals surface area contributed by atoms with Crippen LogP contribution in [-0.4, -0.2) is 12.9 Å². The molecule has 3 nitrogen and oxygen atoms in total. The second-order valence-corrected chi connectivity index (χ2v) is 4.16. The molecular weight excluding hydrogens is 306 g/mol. The number of hydrogen-bond donors (Lipinski definition) is 0. The lowest BCUT2D eigenvalue weighted by Crippen LogP contribution is -3.00. The molecule has 0 N–H and O–H groups in total. The zero-order valence-corrected chi connectivity index (χ0v) is 12.6. The van der Waals surface area contributed by atoms with Gasteiger partial charge in [0.1, 0.15) is 5.75 Å². The van der Waals surface area contributed by atoms with E-state index in [1.807, 2.05) is 53.4 Å². The van der Waals surface area contributed by atoms with Crippen molar-refractivity contribution in [2.24, 2.45) is 0 Å². The summed E-state index contributed by atoms with van der Waals surface area (Å²) in [7, 11) is 1.66. The first kappa shape index (κ1) is 15.4. The highest BCUT2D eigenvalue weighted by molar-refractivity contribution is 5.93. The van der Waals surface area contributed by atoms with Crippen LogP contribution in [0.2, 0.25) is 0 Å². The molecule has 0 saturated heterocycles. The first-order chi connectivity index (χ1) is 8.69. The molecular formula is C15H16BrNO2. The lowest BCUT2D eigenvalue weighted by atomic mass is 10.2. The summed E-state index contributed by atoms with van der Waals surface area (Å²) in [6.45, 7) is 2.35. The van der Waals surface area contributed by atoms with Crippen LogP contribution in [0.3, 0.4) is 0 Å². The van der Waals surface area contributed by atoms with Crippen molar-refractivity contribution in [1.29, 1.82) is 0 Å². The van der Waals surface area contributed by atoms with Gasteiger partial charge in [-0.05, 0) is 31.2 Å². The number of carbonyl (C=O) groups is 1. The molecule has 0 saturated carbocycles. The second-order valence-electron chi connectivity index (χ2n) is 4.16. The van der Waals surface area contributed by atoms with E-state index in [-0.39, 0.29) is 22.8 Å². The quantitative estimate of drug-likeness (QED) is 0.547. The Labute approximate surface area is 123 Å². The van der Waals surface area contributed by atoms with E-state index in [4.69, 9.17) is 4.74 Å². The maximum Gasteiger partial charge on any atom is 0.173 e. The Morgan fingerprint density at radius 3 is 2.16 bits per heavy atom. The molecule has 0 fully saturated rings. The van der Waals surface area contributed by atoms with Gasteiger partial charge in [-0.1, -0.05) is 0 Å². The SMILES string of the molecule is COc1ccc(C[n+]2ccc(C(C)=O)cc2)cc1.[Br-]. The van der Waals surface area contributed by atoms with Gasteiger partial charge < -0.3 is 21.7 Å². The first-order valence-electron chi connectivity index (χ1n) is 5.82. The van der Waals surface area contributed by atoms with Crippen molar-refractivity contribution in [3.8, 4) is 5.75 Å². The van der Waals surface area contributed by atoms with Gasteiger partial charge in [-0.2, -0.15) is 0 Å². The van der Waals surface area contributed by atoms with Crippen molar-refractivity contribution in [3.63, 3.8) is 0 Å². The van der Waals surface area contributed by atoms with Gasteiger partial charge in [0.15, 0.2) is 24.7 Å². The predicted molar refractivity (Wildman–Crippen MR) is 68.7 cm³/mol. The lowest BCUT2D eigenvalue weighted by Gasteiger charge is -2.01. The van der Waals surface area contributed by atoms with E-state index in [9.17, 15) is 4.79 Å². The van der Waals surface area contributed by atoms with Crippen LogP contribution >= 0.6 is 0 Å². The Hall–Kier alpha value is -1.68. The van der Waals surface area contributed by atoms with Crippen LogP contribution in [0.5, 0.6) is 5.75 Å². The average molecular weight is 322 g/mol. The third-order valence-corrected chi connectivity index (χ3v) is 2.82. The summed E-state index contributed by atoms with van der Waals surface area (Å²) in [5.41, 5.74) is 1.93. The van der Waals surface area contributed by atoms with Crippen LogP contribution in [0.25, 0.3) is 0 Å². The van der Waals surface area contributed by atoms with E-state index in [2.05, 4.69) is 0 Å². The smallest absolute Gasteiger partial charge is 0.173 e. The number of hydrogen-bond acceptors (Lipinski definition) is 2. The van der Waals surface area contributed by atoms with Gasteiger partial charge in [0.05, 0.1) is 7.11 Å². The number of rotatable bonds is 4. The fraction of sp³-hybridized carbons (Fsp3) is 0.200. The molecule has 0 bridgehead atoms. The third kappa shape index (κ3) is 4.17. The fourth-order valence-electron chi connectivity index (χ4n) is 1.74. The van der Waals surface area contributed by atoms with Crippen molar-refractivity contribution < 1.29 is 31.1 Å². The van der Waals surface area contributed by atoms with Crippen LogP contribution in [0, 0.1) is 0 Å². The van der Waals surface area contributed by atoms with E-state index < -0.39 is 0 Å². The van der Waals surface area contributed by atoms with E-state index in [0.29, 0.717) is 0 Å². The zero-order valence-electron chi connectivity index (χ0n) is 11.0. The number of pyridine rings is 1. The van der Waals surface area contributed by atoms with E-state index in [1.54, 1.807) is 14.0 Å². The molecule has 0 spiro atoms. The Bertz CT molecular complexity index is 535. The maximum absolute atomic E-state index is 11.2. The van der Waals surface area contributed by atoms with Crippen molar-refractivity contribution in [2.75, 3.05) is 7.11 Å². The number of halogens is 1. The number of Topliss-reactive ketones (excluding diaryl/α,β-unsaturated/α-hetero) is 1. The molecule has 19 heavy (non-hydrogen) atoms. The minimum Gasteiger partial charge on any atom is -1.00 e. The molecule has 0 aliphatic heterocycles. The number of methoxy groups -OCH3 is 1. The summed E-state index contributed by atoms with van der Waals surface area (Å²) < 4.78 is 7.15. The van der Waals surface area contributed by atoms with Crippen molar-refractivity contribution in [1.82, 2.24) is 0 Å². The molecule has 100 valence electrons. The van der Waals surface area contributed by atoms with Crippen LogP contribution in [0.4, 0.5) is 0 Å². The second kappa shape index (κ2) is 7.04. The van der Waals surface area contributed by atoms with E-state index >= 15 is 0 Å². The molecule has 2 rings (SSSR count). The van der Waals surface area contributed by atoms with E-state index in [0.717, 1.165) is 17.9 Å². The summed E-state index contributed by atoms with van der Waals surface area (Å²) in [5, 5.41) is 0. The van der Waals surface area contributed by atoms with Gasteiger partial charge >= 0.3 is 0 Å². The molecule has 0 amide bonds. The van der Waals surface area contributed by atoms with Gasteiger partial charge in [-0.25, -0.2) is 4.57 Å². The number of nitrogens with zero attached hydrogens (tertiary/aromatic N) is 1. The highest BCUT2D eigenvalue weighted by Crippen LogP contribution is 2.10. The predicted octanol–water partition coefficient (Wildman–Crippen LogP) is -0.762. The van der Waals surface area contributed by atoms with Crippen LogP contribution in [0.15, 0.2) is 48.8 Å². The number of carbonyl (C=O) groups excluding carboxylic acids is 1. The summed E-state index contributed by atoms with van der Waals surface area (Å²) >= 11 is 0. The van der Waals surface area contributed by atoms with Crippen molar-refractivity contribution >= 4 is 5.78 Å². The molecule has 0 unspecified atom stereocenters. The number of benzene rings is 1. The van der Waals surface area contributed by atoms with Gasteiger partial charge in [-0.3, -0.25) is 4.79 Å². The summed E-state index contributed by atoms with van der Waals surface area (Å²) in [6, 6.07) is 11.6. The Morgan fingerprint density at radius 2 is 1.68 bits per heavy atom. The Balaban J connectivity index is 0.00000180.